The molecule has 100 heavy (non-hydrogen) atoms. The Hall–Kier alpha value is -3.50. The molecule has 2 unspecified atom stereocenters. The molecule has 0 aromatic heterocycles. The van der Waals surface area contributed by atoms with Gasteiger partial charge in [-0.25, -0.2) is 9.13 Å². The number of phosphoric ester groups is 2. The van der Waals surface area contributed by atoms with Gasteiger partial charge in [0.05, 0.1) is 26.4 Å². The van der Waals surface area contributed by atoms with E-state index >= 15 is 0 Å². The molecular formula is C81H146O17P2. The predicted molar refractivity (Wildman–Crippen MR) is 409 cm³/mol. The summed E-state index contributed by atoms with van der Waals surface area (Å²) in [6.07, 6.45) is 74.6. The number of aliphatic hydroxyl groups excluding tert-OH is 1. The highest BCUT2D eigenvalue weighted by molar-refractivity contribution is 7.47. The molecule has 0 rings (SSSR count). The lowest BCUT2D eigenvalue weighted by atomic mass is 10.0. The van der Waals surface area contributed by atoms with E-state index < -0.39 is 97.5 Å². The van der Waals surface area contributed by atoms with E-state index in [4.69, 9.17) is 37.0 Å². The third-order valence-electron chi connectivity index (χ3n) is 17.2. The van der Waals surface area contributed by atoms with E-state index in [1.165, 1.54) is 167 Å². The van der Waals surface area contributed by atoms with Crippen LogP contribution in [0.15, 0.2) is 72.9 Å². The minimum absolute atomic E-state index is 0.0241. The van der Waals surface area contributed by atoms with Crippen LogP contribution in [0.4, 0.5) is 0 Å². The molecule has 0 heterocycles. The number of ether oxygens (including phenoxy) is 4. The van der Waals surface area contributed by atoms with Crippen molar-refractivity contribution >= 4 is 39.5 Å². The standard InChI is InChI=1S/C81H146O17P2/c1-5-9-13-17-21-25-29-33-35-36-37-38-40-44-48-52-56-60-64-68-81(86)98-77(71-91-78(83)65-61-57-53-49-45-41-31-27-23-19-15-11-7-3)74-96-100(89,90)94-70-75(82)69-93-99(87,88)95-73-76(97-80(85)67-63-59-55-51-47-42-32-28-24-20-16-12-8-4)72-92-79(84)66-62-58-54-50-46-43-39-34-30-26-22-18-14-10-6-2/h21,25-26,30,33,35,37-38,44,48,56,60,75-77,82H,5-20,22-24,27-29,31-32,34,36,39-43,45-47,49-55,57-59,61-74H2,1-4H3,(H,87,88)(H,89,90)/b25-21-,30-26-,35-33-,38-37-,48-44-,60-56-/t75-,76-,77-/m1/s1. The number of phosphoric acid groups is 2. The molecule has 19 heteroatoms. The van der Waals surface area contributed by atoms with Crippen molar-refractivity contribution in [3.63, 3.8) is 0 Å². The summed E-state index contributed by atoms with van der Waals surface area (Å²) >= 11 is 0. The van der Waals surface area contributed by atoms with Crippen molar-refractivity contribution in [2.75, 3.05) is 39.6 Å². The summed E-state index contributed by atoms with van der Waals surface area (Å²) in [6.45, 7) is 4.81. The Morgan fingerprint density at radius 2 is 0.510 bits per heavy atom. The van der Waals surface area contributed by atoms with Crippen molar-refractivity contribution < 1.29 is 80.2 Å². The molecule has 0 aliphatic rings. The van der Waals surface area contributed by atoms with E-state index in [9.17, 15) is 43.2 Å². The van der Waals surface area contributed by atoms with Crippen molar-refractivity contribution in [2.24, 2.45) is 0 Å². The first-order valence-electron chi connectivity index (χ1n) is 40.2. The smallest absolute Gasteiger partial charge is 0.462 e. The lowest BCUT2D eigenvalue weighted by Gasteiger charge is -2.21. The second-order valence-corrected chi connectivity index (χ2v) is 29.9. The quantitative estimate of drug-likeness (QED) is 0.0169. The Bertz CT molecular complexity index is 2180. The highest BCUT2D eigenvalue weighted by Gasteiger charge is 2.30. The maximum atomic E-state index is 13.1. The molecule has 0 amide bonds. The van der Waals surface area contributed by atoms with Gasteiger partial charge in [-0.05, 0) is 89.9 Å². The summed E-state index contributed by atoms with van der Waals surface area (Å²) in [4.78, 5) is 72.9. The summed E-state index contributed by atoms with van der Waals surface area (Å²) < 4.78 is 68.5. The van der Waals surface area contributed by atoms with E-state index in [1.807, 2.05) is 18.2 Å². The first kappa shape index (κ1) is 96.5. The Balaban J connectivity index is 5.38. The van der Waals surface area contributed by atoms with Crippen LogP contribution in [0.5, 0.6) is 0 Å². The topological polar surface area (TPSA) is 237 Å². The second-order valence-electron chi connectivity index (χ2n) is 27.0. The van der Waals surface area contributed by atoms with Gasteiger partial charge in [0, 0.05) is 25.7 Å². The van der Waals surface area contributed by atoms with E-state index in [0.717, 1.165) is 109 Å². The second kappa shape index (κ2) is 73.8. The number of allylic oxidation sites excluding steroid dienone is 12. The fourth-order valence-corrected chi connectivity index (χ4v) is 12.6. The molecule has 0 saturated heterocycles. The van der Waals surface area contributed by atoms with Gasteiger partial charge in [-0.2, -0.15) is 0 Å². The number of aliphatic hydroxyl groups is 1. The first-order valence-corrected chi connectivity index (χ1v) is 43.2. The Morgan fingerprint density at radius 3 is 0.850 bits per heavy atom. The summed E-state index contributed by atoms with van der Waals surface area (Å²) in [5, 5.41) is 10.6. The van der Waals surface area contributed by atoms with Crippen molar-refractivity contribution in [3.8, 4) is 0 Å². The zero-order valence-corrected chi connectivity index (χ0v) is 65.4. The van der Waals surface area contributed by atoms with Gasteiger partial charge in [0.1, 0.15) is 19.3 Å². The van der Waals surface area contributed by atoms with Gasteiger partial charge in [-0.3, -0.25) is 37.3 Å². The lowest BCUT2D eigenvalue weighted by molar-refractivity contribution is -0.161. The number of unbranched alkanes of at least 4 members (excludes halogenated alkanes) is 38. The fourth-order valence-electron chi connectivity index (χ4n) is 11.0. The highest BCUT2D eigenvalue weighted by Crippen LogP contribution is 2.45. The summed E-state index contributed by atoms with van der Waals surface area (Å²) in [7, 11) is -9.96. The third kappa shape index (κ3) is 72.8. The molecule has 0 saturated carbocycles. The van der Waals surface area contributed by atoms with Crippen LogP contribution < -0.4 is 0 Å². The van der Waals surface area contributed by atoms with Crippen molar-refractivity contribution in [2.45, 2.75) is 380 Å². The van der Waals surface area contributed by atoms with Crippen LogP contribution in [0, 0.1) is 0 Å². The molecule has 0 aliphatic heterocycles. The van der Waals surface area contributed by atoms with Gasteiger partial charge in [0.2, 0.25) is 0 Å². The number of esters is 4. The van der Waals surface area contributed by atoms with Crippen LogP contribution in [-0.2, 0) is 65.4 Å². The zero-order valence-electron chi connectivity index (χ0n) is 63.6. The van der Waals surface area contributed by atoms with Crippen molar-refractivity contribution in [1.82, 2.24) is 0 Å². The van der Waals surface area contributed by atoms with E-state index in [-0.39, 0.29) is 25.7 Å². The molecule has 5 atom stereocenters. The fraction of sp³-hybridized carbons (Fsp3) is 0.802. The monoisotopic (exact) mass is 1450 g/mol. The number of hydrogen-bond acceptors (Lipinski definition) is 15. The van der Waals surface area contributed by atoms with Gasteiger partial charge in [-0.15, -0.1) is 0 Å². The minimum atomic E-state index is -4.99. The van der Waals surface area contributed by atoms with Gasteiger partial charge in [0.15, 0.2) is 12.2 Å². The van der Waals surface area contributed by atoms with Gasteiger partial charge < -0.3 is 33.8 Å². The zero-order chi connectivity index (χ0) is 73.2. The highest BCUT2D eigenvalue weighted by atomic mass is 31.2. The summed E-state index contributed by atoms with van der Waals surface area (Å²) in [5.74, 6) is -2.24. The van der Waals surface area contributed by atoms with Crippen LogP contribution >= 0.6 is 15.6 Å². The largest absolute Gasteiger partial charge is 0.472 e. The molecule has 0 bridgehead atoms. The number of carbonyl (C=O) groups excluding carboxylic acids is 4. The molecular weight excluding hydrogens is 1310 g/mol. The molecule has 0 radical (unpaired) electrons. The van der Waals surface area contributed by atoms with Crippen LogP contribution in [0.3, 0.4) is 0 Å². The maximum Gasteiger partial charge on any atom is 0.472 e. The van der Waals surface area contributed by atoms with Crippen LogP contribution in [0.1, 0.15) is 362 Å². The molecule has 0 fully saturated rings. The molecule has 0 aromatic carbocycles. The average Bonchev–Trinajstić information content (AvgIpc) is 0.929. The SMILES string of the molecule is CCCCC/C=C\C/C=C\C/C=C\C/C=C\C/C=C\CCC(=O)O[C@H](COC(=O)CCCCCCCCCCCCCCC)COP(=O)(O)OC[C@H](O)COP(=O)(O)OC[C@@H](COC(=O)CCCCCCCCC/C=C\CCCCCC)OC(=O)CCCCCCCCCCCCCCC. The van der Waals surface area contributed by atoms with Crippen LogP contribution in [-0.4, -0.2) is 96.7 Å². The van der Waals surface area contributed by atoms with E-state index in [1.54, 1.807) is 0 Å². The Kier molecular flexibility index (Phi) is 71.2. The first-order chi connectivity index (χ1) is 48.7. The molecule has 0 spiro atoms. The summed E-state index contributed by atoms with van der Waals surface area (Å²) in [5.41, 5.74) is 0. The third-order valence-corrected chi connectivity index (χ3v) is 19.1. The minimum Gasteiger partial charge on any atom is -0.462 e. The number of rotatable bonds is 76. The molecule has 0 aliphatic carbocycles. The normalized spacial score (nSPS) is 14.3. The Labute approximate surface area is 609 Å². The van der Waals surface area contributed by atoms with Gasteiger partial charge >= 0.3 is 39.5 Å². The molecule has 0 aromatic rings. The molecule has 582 valence electrons. The average molecular weight is 1450 g/mol. The lowest BCUT2D eigenvalue weighted by Crippen LogP contribution is -2.30. The van der Waals surface area contributed by atoms with Crippen LogP contribution in [0.2, 0.25) is 0 Å². The Morgan fingerprint density at radius 1 is 0.280 bits per heavy atom. The summed E-state index contributed by atoms with van der Waals surface area (Å²) in [6, 6.07) is 0. The van der Waals surface area contributed by atoms with Crippen molar-refractivity contribution in [1.29, 1.82) is 0 Å². The number of hydrogen-bond donors (Lipinski definition) is 3. The maximum absolute atomic E-state index is 13.1. The van der Waals surface area contributed by atoms with E-state index in [0.29, 0.717) is 32.1 Å². The van der Waals surface area contributed by atoms with Crippen LogP contribution in [0.25, 0.3) is 0 Å². The molecule has 17 nitrogen and oxygen atoms in total. The van der Waals surface area contributed by atoms with Gasteiger partial charge in [0.25, 0.3) is 0 Å². The predicted octanol–water partition coefficient (Wildman–Crippen LogP) is 23.2. The molecule has 3 N–H and O–H groups in total. The number of carbonyl (C=O) groups is 4. The van der Waals surface area contributed by atoms with Gasteiger partial charge in [-0.1, -0.05) is 319 Å². The van der Waals surface area contributed by atoms with E-state index in [2.05, 4.69) is 82.4 Å². The van der Waals surface area contributed by atoms with Crippen molar-refractivity contribution in [3.05, 3.63) is 72.9 Å².